The van der Waals surface area contributed by atoms with Crippen molar-refractivity contribution in [2.45, 2.75) is 37.9 Å². The highest BCUT2D eigenvalue weighted by Crippen LogP contribution is 2.39. The topological polar surface area (TPSA) is 21.7 Å². The number of hydrogen-bond acceptors (Lipinski definition) is 3. The smallest absolute Gasteiger partial charge is 0.168 e. The minimum atomic E-state index is -0.232. The van der Waals surface area contributed by atoms with Gasteiger partial charge < -0.3 is 9.47 Å². The molecule has 124 valence electrons. The lowest BCUT2D eigenvalue weighted by molar-refractivity contribution is -0.188. The molecule has 3 nitrogen and oxygen atoms in total. The Morgan fingerprint density at radius 1 is 1.13 bits per heavy atom. The number of ether oxygens (including phenoxy) is 2. The maximum atomic E-state index is 5.92. The van der Waals surface area contributed by atoms with Crippen molar-refractivity contribution in [1.29, 1.82) is 0 Å². The van der Waals surface area contributed by atoms with E-state index in [0.717, 1.165) is 39.0 Å². The van der Waals surface area contributed by atoms with Gasteiger partial charge in [0.1, 0.15) is 0 Å². The Labute approximate surface area is 139 Å². The van der Waals surface area contributed by atoms with Gasteiger partial charge in [-0.1, -0.05) is 36.4 Å². The summed E-state index contributed by atoms with van der Waals surface area (Å²) in [6.45, 7) is 4.99. The molecule has 1 saturated heterocycles. The van der Waals surface area contributed by atoms with Gasteiger partial charge in [-0.2, -0.15) is 0 Å². The highest BCUT2D eigenvalue weighted by Gasteiger charge is 2.41. The van der Waals surface area contributed by atoms with Gasteiger partial charge in [-0.05, 0) is 36.3 Å². The van der Waals surface area contributed by atoms with Crippen LogP contribution in [0.3, 0.4) is 0 Å². The van der Waals surface area contributed by atoms with Crippen LogP contribution in [0.2, 0.25) is 0 Å². The third kappa shape index (κ3) is 3.52. The van der Waals surface area contributed by atoms with E-state index in [9.17, 15) is 0 Å². The van der Waals surface area contributed by atoms with Gasteiger partial charge in [0.05, 0.1) is 13.2 Å². The van der Waals surface area contributed by atoms with Crippen LogP contribution in [-0.4, -0.2) is 43.5 Å². The molecular weight excluding hydrogens is 286 g/mol. The van der Waals surface area contributed by atoms with E-state index in [1.54, 1.807) is 0 Å². The first-order chi connectivity index (χ1) is 11.3. The Morgan fingerprint density at radius 2 is 1.96 bits per heavy atom. The minimum absolute atomic E-state index is 0.232. The molecule has 2 fully saturated rings. The van der Waals surface area contributed by atoms with Crippen LogP contribution >= 0.6 is 0 Å². The third-order valence-electron chi connectivity index (χ3n) is 5.54. The summed E-state index contributed by atoms with van der Waals surface area (Å²) >= 11 is 0. The predicted molar refractivity (Wildman–Crippen MR) is 92.1 cm³/mol. The molecule has 1 atom stereocenters. The van der Waals surface area contributed by atoms with Crippen molar-refractivity contribution < 1.29 is 9.47 Å². The van der Waals surface area contributed by atoms with E-state index >= 15 is 0 Å². The third-order valence-corrected chi connectivity index (χ3v) is 5.54. The Hall–Kier alpha value is -1.16. The van der Waals surface area contributed by atoms with E-state index in [-0.39, 0.29) is 5.79 Å². The van der Waals surface area contributed by atoms with Crippen LogP contribution in [0, 0.1) is 5.92 Å². The summed E-state index contributed by atoms with van der Waals surface area (Å²) in [5, 5.41) is 0. The summed E-state index contributed by atoms with van der Waals surface area (Å²) in [6.07, 6.45) is 8.30. The zero-order valence-corrected chi connectivity index (χ0v) is 13.9. The molecule has 0 aromatic heterocycles. The van der Waals surface area contributed by atoms with E-state index in [4.69, 9.17) is 9.47 Å². The molecule has 1 aromatic carbocycles. The van der Waals surface area contributed by atoms with Crippen LogP contribution in [0.5, 0.6) is 0 Å². The highest BCUT2D eigenvalue weighted by atomic mass is 16.7. The molecule has 3 heteroatoms. The van der Waals surface area contributed by atoms with Crippen LogP contribution in [0.25, 0.3) is 5.57 Å². The Kier molecular flexibility index (Phi) is 4.52. The first-order valence-corrected chi connectivity index (χ1v) is 9.08. The number of benzene rings is 1. The van der Waals surface area contributed by atoms with Crippen molar-refractivity contribution >= 4 is 5.57 Å². The number of nitrogens with zero attached hydrogens (tertiary/aromatic N) is 1. The Morgan fingerprint density at radius 3 is 2.70 bits per heavy atom. The van der Waals surface area contributed by atoms with E-state index in [0.29, 0.717) is 5.92 Å². The zero-order valence-electron chi connectivity index (χ0n) is 13.9. The van der Waals surface area contributed by atoms with Crippen LogP contribution in [0.15, 0.2) is 36.4 Å². The van der Waals surface area contributed by atoms with Crippen LogP contribution < -0.4 is 0 Å². The summed E-state index contributed by atoms with van der Waals surface area (Å²) in [4.78, 5) is 2.60. The summed E-state index contributed by atoms with van der Waals surface area (Å²) in [5.74, 6) is 0.484. The molecule has 3 aliphatic rings. The van der Waals surface area contributed by atoms with Crippen molar-refractivity contribution in [2.75, 3.05) is 32.8 Å². The fraction of sp³-hybridized carbons (Fsp3) is 0.600. The first-order valence-electron chi connectivity index (χ1n) is 9.08. The lowest BCUT2D eigenvalue weighted by atomic mass is 9.84. The molecule has 0 radical (unpaired) electrons. The van der Waals surface area contributed by atoms with E-state index in [1.165, 1.54) is 37.1 Å². The largest absolute Gasteiger partial charge is 0.348 e. The van der Waals surface area contributed by atoms with Crippen molar-refractivity contribution in [3.05, 3.63) is 42.0 Å². The highest BCUT2D eigenvalue weighted by molar-refractivity contribution is 5.66. The van der Waals surface area contributed by atoms with Crippen LogP contribution in [-0.2, 0) is 9.47 Å². The van der Waals surface area contributed by atoms with E-state index < -0.39 is 0 Å². The maximum absolute atomic E-state index is 5.92. The fourth-order valence-corrected chi connectivity index (χ4v) is 4.38. The molecule has 1 saturated carbocycles. The average molecular weight is 313 g/mol. The van der Waals surface area contributed by atoms with Crippen LogP contribution in [0.1, 0.15) is 37.7 Å². The van der Waals surface area contributed by atoms with Gasteiger partial charge in [-0.3, -0.25) is 4.90 Å². The van der Waals surface area contributed by atoms with E-state index in [2.05, 4.69) is 41.3 Å². The van der Waals surface area contributed by atoms with Gasteiger partial charge in [0, 0.05) is 32.5 Å². The van der Waals surface area contributed by atoms with Gasteiger partial charge in [-0.25, -0.2) is 0 Å². The van der Waals surface area contributed by atoms with Crippen LogP contribution in [0.4, 0.5) is 0 Å². The van der Waals surface area contributed by atoms with Gasteiger partial charge in [-0.15, -0.1) is 0 Å². The summed E-state index contributed by atoms with van der Waals surface area (Å²) < 4.78 is 11.8. The molecule has 2 aliphatic heterocycles. The van der Waals surface area contributed by atoms with Gasteiger partial charge in [0.2, 0.25) is 0 Å². The quantitative estimate of drug-likeness (QED) is 0.849. The normalized spacial score (nSPS) is 28.0. The molecule has 0 N–H and O–H groups in total. The molecule has 1 spiro atoms. The fourth-order valence-electron chi connectivity index (χ4n) is 4.38. The lowest BCUT2D eigenvalue weighted by Crippen LogP contribution is -2.41. The molecule has 4 rings (SSSR count). The summed E-state index contributed by atoms with van der Waals surface area (Å²) in [5.41, 5.74) is 2.89. The van der Waals surface area contributed by atoms with Gasteiger partial charge in [0.25, 0.3) is 0 Å². The SMILES string of the molecule is C1=C(c2ccccc2)CCN(C[C@@H]2CCCC3(C2)OCCO3)C1. The monoisotopic (exact) mass is 313 g/mol. The van der Waals surface area contributed by atoms with Gasteiger partial charge >= 0.3 is 0 Å². The molecular formula is C20H27NO2. The average Bonchev–Trinajstić information content (AvgIpc) is 3.04. The molecule has 23 heavy (non-hydrogen) atoms. The standard InChI is InChI=1S/C20H27NO2/c1-2-6-18(7-3-1)19-8-11-21(12-9-19)16-17-5-4-10-20(15-17)22-13-14-23-20/h1-3,6-8,17H,4-5,9-16H2/t17-/m1/s1. The second-order valence-electron chi connectivity index (χ2n) is 7.17. The Balaban J connectivity index is 1.33. The molecule has 2 heterocycles. The predicted octanol–water partition coefficient (Wildman–Crippen LogP) is 3.71. The zero-order chi connectivity index (χ0) is 15.5. The first kappa shape index (κ1) is 15.4. The van der Waals surface area contributed by atoms with E-state index in [1.807, 2.05) is 0 Å². The van der Waals surface area contributed by atoms with Crippen molar-refractivity contribution in [1.82, 2.24) is 4.90 Å². The minimum Gasteiger partial charge on any atom is -0.348 e. The molecule has 1 aliphatic carbocycles. The second kappa shape index (κ2) is 6.76. The molecule has 0 amide bonds. The summed E-state index contributed by atoms with van der Waals surface area (Å²) in [6, 6.07) is 10.8. The van der Waals surface area contributed by atoms with Crippen molar-refractivity contribution in [2.24, 2.45) is 5.92 Å². The lowest BCUT2D eigenvalue weighted by Gasteiger charge is -2.38. The number of hydrogen-bond donors (Lipinski definition) is 0. The summed E-state index contributed by atoms with van der Waals surface area (Å²) in [7, 11) is 0. The number of rotatable bonds is 3. The van der Waals surface area contributed by atoms with Gasteiger partial charge in [0.15, 0.2) is 5.79 Å². The maximum Gasteiger partial charge on any atom is 0.168 e. The second-order valence-corrected chi connectivity index (χ2v) is 7.17. The molecule has 1 aromatic rings. The Bertz CT molecular complexity index is 548. The molecule has 0 unspecified atom stereocenters. The molecule has 0 bridgehead atoms. The van der Waals surface area contributed by atoms with Crippen molar-refractivity contribution in [3.8, 4) is 0 Å². The van der Waals surface area contributed by atoms with Crippen molar-refractivity contribution in [3.63, 3.8) is 0 Å².